The Balaban J connectivity index is 1.88. The summed E-state index contributed by atoms with van der Waals surface area (Å²) in [6, 6.07) is 0. The molecule has 84 valence electrons. The van der Waals surface area contributed by atoms with Crippen LogP contribution in [0.3, 0.4) is 0 Å². The van der Waals surface area contributed by atoms with Gasteiger partial charge in [-0.15, -0.1) is 10.2 Å². The standard InChI is InChI=1S/C11H19N3S/c1-4-5-12-7-9-13-14-10(15-9)8-6-11(8,2)3/h8,12H,4-7H2,1-3H3. The summed E-state index contributed by atoms with van der Waals surface area (Å²) in [4.78, 5) is 0. The van der Waals surface area contributed by atoms with Gasteiger partial charge in [0, 0.05) is 12.5 Å². The van der Waals surface area contributed by atoms with E-state index in [4.69, 9.17) is 0 Å². The van der Waals surface area contributed by atoms with Crippen LogP contribution in [0.5, 0.6) is 0 Å². The molecule has 0 bridgehead atoms. The third-order valence-electron chi connectivity index (χ3n) is 3.00. The van der Waals surface area contributed by atoms with Crippen molar-refractivity contribution in [2.45, 2.75) is 46.1 Å². The van der Waals surface area contributed by atoms with Crippen molar-refractivity contribution in [2.24, 2.45) is 5.41 Å². The first-order valence-electron chi connectivity index (χ1n) is 5.66. The normalized spacial score (nSPS) is 23.0. The summed E-state index contributed by atoms with van der Waals surface area (Å²) in [6.07, 6.45) is 2.44. The molecular weight excluding hydrogens is 206 g/mol. The molecule has 0 amide bonds. The van der Waals surface area contributed by atoms with Crippen molar-refractivity contribution in [2.75, 3.05) is 6.54 Å². The molecule has 1 saturated carbocycles. The molecule has 0 aromatic carbocycles. The molecule has 15 heavy (non-hydrogen) atoms. The zero-order chi connectivity index (χ0) is 10.9. The molecule has 1 unspecified atom stereocenters. The second kappa shape index (κ2) is 4.18. The maximum atomic E-state index is 4.28. The Labute approximate surface area is 95.3 Å². The lowest BCUT2D eigenvalue weighted by Gasteiger charge is -1.97. The zero-order valence-electron chi connectivity index (χ0n) is 9.71. The van der Waals surface area contributed by atoms with E-state index in [1.165, 1.54) is 17.8 Å². The van der Waals surface area contributed by atoms with E-state index in [1.807, 2.05) is 0 Å². The van der Waals surface area contributed by atoms with Crippen molar-refractivity contribution in [3.05, 3.63) is 10.0 Å². The lowest BCUT2D eigenvalue weighted by molar-refractivity contribution is 0.617. The molecule has 1 aromatic heterocycles. The minimum Gasteiger partial charge on any atom is -0.310 e. The van der Waals surface area contributed by atoms with Gasteiger partial charge in [0.2, 0.25) is 0 Å². The lowest BCUT2D eigenvalue weighted by atomic mass is 10.1. The van der Waals surface area contributed by atoms with Crippen LogP contribution in [-0.2, 0) is 6.54 Å². The summed E-state index contributed by atoms with van der Waals surface area (Å²) in [7, 11) is 0. The first kappa shape index (κ1) is 11.0. The maximum Gasteiger partial charge on any atom is 0.131 e. The van der Waals surface area contributed by atoms with Crippen molar-refractivity contribution in [1.82, 2.24) is 15.5 Å². The van der Waals surface area contributed by atoms with Crippen LogP contribution in [0.2, 0.25) is 0 Å². The molecule has 1 fully saturated rings. The predicted molar refractivity (Wildman–Crippen MR) is 63.0 cm³/mol. The van der Waals surface area contributed by atoms with Crippen molar-refractivity contribution in [3.63, 3.8) is 0 Å². The smallest absolute Gasteiger partial charge is 0.131 e. The Morgan fingerprint density at radius 2 is 2.20 bits per heavy atom. The van der Waals surface area contributed by atoms with Crippen molar-refractivity contribution < 1.29 is 0 Å². The third kappa shape index (κ3) is 2.55. The minimum atomic E-state index is 0.466. The van der Waals surface area contributed by atoms with E-state index in [0.29, 0.717) is 11.3 Å². The highest BCUT2D eigenvalue weighted by molar-refractivity contribution is 7.11. The van der Waals surface area contributed by atoms with Crippen LogP contribution in [0.25, 0.3) is 0 Å². The quantitative estimate of drug-likeness (QED) is 0.783. The molecule has 1 aliphatic carbocycles. The van der Waals surface area contributed by atoms with E-state index in [2.05, 4.69) is 36.3 Å². The minimum absolute atomic E-state index is 0.466. The molecule has 0 radical (unpaired) electrons. The van der Waals surface area contributed by atoms with Crippen LogP contribution in [-0.4, -0.2) is 16.7 Å². The zero-order valence-corrected chi connectivity index (χ0v) is 10.5. The molecule has 1 N–H and O–H groups in total. The molecule has 0 aliphatic heterocycles. The number of hydrogen-bond acceptors (Lipinski definition) is 4. The molecule has 0 saturated heterocycles. The maximum absolute atomic E-state index is 4.28. The van der Waals surface area contributed by atoms with Gasteiger partial charge in [0.05, 0.1) is 0 Å². The Kier molecular flexibility index (Phi) is 3.07. The summed E-state index contributed by atoms with van der Waals surface area (Å²) in [5.41, 5.74) is 0.466. The van der Waals surface area contributed by atoms with Gasteiger partial charge in [-0.3, -0.25) is 0 Å². The Hall–Kier alpha value is -0.480. The van der Waals surface area contributed by atoms with Gasteiger partial charge in [-0.05, 0) is 24.8 Å². The number of nitrogens with zero attached hydrogens (tertiary/aromatic N) is 2. The van der Waals surface area contributed by atoms with Gasteiger partial charge in [-0.25, -0.2) is 0 Å². The number of aromatic nitrogens is 2. The van der Waals surface area contributed by atoms with Crippen molar-refractivity contribution in [1.29, 1.82) is 0 Å². The highest BCUT2D eigenvalue weighted by Crippen LogP contribution is 2.58. The predicted octanol–water partition coefficient (Wildman–Crippen LogP) is 2.55. The van der Waals surface area contributed by atoms with E-state index in [1.54, 1.807) is 11.3 Å². The van der Waals surface area contributed by atoms with Crippen LogP contribution in [0, 0.1) is 5.41 Å². The molecule has 1 aliphatic rings. The topological polar surface area (TPSA) is 37.8 Å². The molecular formula is C11H19N3S. The summed E-state index contributed by atoms with van der Waals surface area (Å²) in [5, 5.41) is 14.2. The first-order chi connectivity index (χ1) is 7.13. The summed E-state index contributed by atoms with van der Waals surface area (Å²) in [6.45, 7) is 8.70. The molecule has 1 atom stereocenters. The number of hydrogen-bond donors (Lipinski definition) is 1. The van der Waals surface area contributed by atoms with Gasteiger partial charge in [0.1, 0.15) is 10.0 Å². The van der Waals surface area contributed by atoms with Crippen LogP contribution in [0.15, 0.2) is 0 Å². The highest BCUT2D eigenvalue weighted by atomic mass is 32.1. The average molecular weight is 225 g/mol. The van der Waals surface area contributed by atoms with Crippen LogP contribution >= 0.6 is 11.3 Å². The average Bonchev–Trinajstić information content (AvgIpc) is 2.64. The Bertz CT molecular complexity index is 332. The fourth-order valence-electron chi connectivity index (χ4n) is 1.74. The van der Waals surface area contributed by atoms with Gasteiger partial charge < -0.3 is 5.32 Å². The fourth-order valence-corrected chi connectivity index (χ4v) is 2.86. The first-order valence-corrected chi connectivity index (χ1v) is 6.48. The summed E-state index contributed by atoms with van der Waals surface area (Å²) < 4.78 is 0. The SMILES string of the molecule is CCCNCc1nnc(C2CC2(C)C)s1. The van der Waals surface area contributed by atoms with E-state index >= 15 is 0 Å². The van der Waals surface area contributed by atoms with Gasteiger partial charge in [-0.2, -0.15) is 0 Å². The van der Waals surface area contributed by atoms with Gasteiger partial charge in [0.25, 0.3) is 0 Å². The van der Waals surface area contributed by atoms with E-state index in [9.17, 15) is 0 Å². The second-order valence-corrected chi connectivity index (χ2v) is 6.05. The Morgan fingerprint density at radius 3 is 2.80 bits per heavy atom. The van der Waals surface area contributed by atoms with Crippen molar-refractivity contribution in [3.8, 4) is 0 Å². The highest BCUT2D eigenvalue weighted by Gasteiger charge is 2.48. The number of rotatable bonds is 5. The van der Waals surface area contributed by atoms with Crippen LogP contribution in [0.1, 0.15) is 49.5 Å². The largest absolute Gasteiger partial charge is 0.310 e. The third-order valence-corrected chi connectivity index (χ3v) is 4.03. The lowest BCUT2D eigenvalue weighted by Crippen LogP contribution is -2.13. The number of nitrogens with one attached hydrogen (secondary N) is 1. The van der Waals surface area contributed by atoms with Gasteiger partial charge >= 0.3 is 0 Å². The van der Waals surface area contributed by atoms with Gasteiger partial charge in [0.15, 0.2) is 0 Å². The summed E-state index contributed by atoms with van der Waals surface area (Å²) >= 11 is 1.77. The van der Waals surface area contributed by atoms with Crippen LogP contribution in [0.4, 0.5) is 0 Å². The second-order valence-electron chi connectivity index (χ2n) is 4.96. The molecule has 2 rings (SSSR count). The van der Waals surface area contributed by atoms with E-state index in [-0.39, 0.29) is 0 Å². The van der Waals surface area contributed by atoms with E-state index in [0.717, 1.165) is 18.1 Å². The van der Waals surface area contributed by atoms with Crippen molar-refractivity contribution >= 4 is 11.3 Å². The van der Waals surface area contributed by atoms with Gasteiger partial charge in [-0.1, -0.05) is 32.1 Å². The molecule has 1 aromatic rings. The molecule has 4 heteroatoms. The molecule has 1 heterocycles. The molecule has 3 nitrogen and oxygen atoms in total. The monoisotopic (exact) mass is 225 g/mol. The fraction of sp³-hybridized carbons (Fsp3) is 0.818. The summed E-state index contributed by atoms with van der Waals surface area (Å²) in [5.74, 6) is 0.662. The Morgan fingerprint density at radius 1 is 1.47 bits per heavy atom. The van der Waals surface area contributed by atoms with Crippen LogP contribution < -0.4 is 5.32 Å². The van der Waals surface area contributed by atoms with E-state index < -0.39 is 0 Å². The molecule has 0 spiro atoms.